The van der Waals surface area contributed by atoms with Crippen LogP contribution in [0.2, 0.25) is 0 Å². The summed E-state index contributed by atoms with van der Waals surface area (Å²) < 4.78 is 13.7. The van der Waals surface area contributed by atoms with E-state index in [1.807, 2.05) is 91.0 Å². The molecule has 4 rings (SSSR count). The molecule has 0 aliphatic heterocycles. The number of rotatable bonds is 8. The van der Waals surface area contributed by atoms with Crippen LogP contribution in [0, 0.1) is 0 Å². The van der Waals surface area contributed by atoms with Crippen LogP contribution in [-0.2, 0) is 6.42 Å². The van der Waals surface area contributed by atoms with Gasteiger partial charge in [0.2, 0.25) is 0 Å². The molecular formula is C26H24FN3. The van der Waals surface area contributed by atoms with Crippen LogP contribution in [0.4, 0.5) is 4.39 Å². The maximum Gasteiger partial charge on any atom is 0.110 e. The fourth-order valence-electron chi connectivity index (χ4n) is 3.56. The zero-order valence-corrected chi connectivity index (χ0v) is 16.7. The molecule has 2 N–H and O–H groups in total. The van der Waals surface area contributed by atoms with Crippen molar-refractivity contribution in [1.29, 1.82) is 0 Å². The molecule has 1 heterocycles. The summed E-state index contributed by atoms with van der Waals surface area (Å²) in [6, 6.07) is 29.6. The van der Waals surface area contributed by atoms with Crippen LogP contribution >= 0.6 is 0 Å². The van der Waals surface area contributed by atoms with Gasteiger partial charge in [0.15, 0.2) is 0 Å². The highest BCUT2D eigenvalue weighted by Crippen LogP contribution is 2.29. The van der Waals surface area contributed by atoms with Crippen LogP contribution in [0.25, 0.3) is 28.2 Å². The zero-order valence-electron chi connectivity index (χ0n) is 16.7. The molecule has 0 saturated heterocycles. The lowest BCUT2D eigenvalue weighted by Crippen LogP contribution is -2.31. The maximum atomic E-state index is 13.7. The molecule has 30 heavy (non-hydrogen) atoms. The van der Waals surface area contributed by atoms with Crippen molar-refractivity contribution in [3.8, 4) is 22.5 Å². The number of aromatic amines is 1. The molecule has 0 bridgehead atoms. The molecule has 0 amide bonds. The smallest absolute Gasteiger partial charge is 0.110 e. The average Bonchev–Trinajstić information content (AvgIpc) is 3.30. The van der Waals surface area contributed by atoms with E-state index in [1.54, 1.807) is 0 Å². The van der Waals surface area contributed by atoms with Crippen molar-refractivity contribution < 1.29 is 4.39 Å². The molecule has 4 heteroatoms. The molecule has 0 aliphatic rings. The van der Waals surface area contributed by atoms with Crippen LogP contribution in [0.1, 0.15) is 11.1 Å². The summed E-state index contributed by atoms with van der Waals surface area (Å²) in [6.45, 7) is 3.71. The number of nitrogens with zero attached hydrogens (tertiary/aromatic N) is 1. The quantitative estimate of drug-likeness (QED) is 0.389. The van der Waals surface area contributed by atoms with E-state index in [4.69, 9.17) is 0 Å². The van der Waals surface area contributed by atoms with E-state index in [9.17, 15) is 4.39 Å². The van der Waals surface area contributed by atoms with Gasteiger partial charge in [-0.1, -0.05) is 91.5 Å². The second kappa shape index (κ2) is 9.23. The van der Waals surface area contributed by atoms with Gasteiger partial charge >= 0.3 is 0 Å². The second-order valence-corrected chi connectivity index (χ2v) is 7.24. The molecule has 0 aliphatic carbocycles. The molecule has 4 aromatic rings. The van der Waals surface area contributed by atoms with Crippen molar-refractivity contribution in [3.63, 3.8) is 0 Å². The van der Waals surface area contributed by atoms with Gasteiger partial charge in [0, 0.05) is 16.8 Å². The minimum Gasteiger partial charge on any atom is -0.379 e. The zero-order chi connectivity index (χ0) is 20.8. The van der Waals surface area contributed by atoms with Crippen LogP contribution in [0.5, 0.6) is 0 Å². The average molecular weight is 397 g/mol. The fraction of sp³-hybridized carbons (Fsp3) is 0.115. The molecule has 0 unspecified atom stereocenters. The number of hydrogen-bond donors (Lipinski definition) is 2. The highest BCUT2D eigenvalue weighted by molar-refractivity contribution is 5.80. The number of nitrogens with one attached hydrogen (secondary N) is 2. The molecule has 0 radical (unpaired) electrons. The predicted octanol–water partition coefficient (Wildman–Crippen LogP) is 5.88. The van der Waals surface area contributed by atoms with Gasteiger partial charge in [0.05, 0.1) is 17.4 Å². The first-order valence-electron chi connectivity index (χ1n) is 10.0. The van der Waals surface area contributed by atoms with Crippen LogP contribution < -0.4 is 5.32 Å². The largest absolute Gasteiger partial charge is 0.379 e. The predicted molar refractivity (Wildman–Crippen MR) is 122 cm³/mol. The highest BCUT2D eigenvalue weighted by atomic mass is 19.1. The van der Waals surface area contributed by atoms with Crippen LogP contribution in [0.3, 0.4) is 0 Å². The van der Waals surface area contributed by atoms with Crippen molar-refractivity contribution in [2.24, 2.45) is 0 Å². The summed E-state index contributed by atoms with van der Waals surface area (Å²) in [5.74, 6) is 0. The molecule has 0 fully saturated rings. The molecule has 1 aromatic heterocycles. The van der Waals surface area contributed by atoms with E-state index < -0.39 is 6.67 Å². The minimum atomic E-state index is -0.476. The van der Waals surface area contributed by atoms with E-state index >= 15 is 0 Å². The Balaban J connectivity index is 1.56. The normalized spacial score (nSPS) is 11.8. The first kappa shape index (κ1) is 19.6. The SMILES string of the molecule is C=C(N[C@H](CF)Cc1ccccc1)c1ccccc1-c1cc(-c2ccccc2)[nH]n1. The standard InChI is InChI=1S/C26H24FN3/c1-19(28-22(18-27)16-20-10-4-2-5-11-20)23-14-8-9-15-24(23)26-17-25(29-30-26)21-12-6-3-7-13-21/h2-15,17,22,28H,1,16,18H2,(H,29,30)/t22-/m0/s1. The maximum absolute atomic E-state index is 13.7. The van der Waals surface area contributed by atoms with Crippen molar-refractivity contribution in [1.82, 2.24) is 15.5 Å². The Labute approximate surface area is 176 Å². The lowest BCUT2D eigenvalue weighted by Gasteiger charge is -2.20. The van der Waals surface area contributed by atoms with Gasteiger partial charge in [-0.25, -0.2) is 4.39 Å². The van der Waals surface area contributed by atoms with Gasteiger partial charge in [-0.05, 0) is 23.6 Å². The van der Waals surface area contributed by atoms with Crippen molar-refractivity contribution in [3.05, 3.63) is 109 Å². The lowest BCUT2D eigenvalue weighted by atomic mass is 10.00. The Kier molecular flexibility index (Phi) is 6.04. The number of aromatic nitrogens is 2. The van der Waals surface area contributed by atoms with Gasteiger partial charge in [0.25, 0.3) is 0 Å². The Bertz CT molecular complexity index is 1100. The summed E-state index contributed by atoms with van der Waals surface area (Å²) in [4.78, 5) is 0. The van der Waals surface area contributed by atoms with Crippen LogP contribution in [0.15, 0.2) is 97.6 Å². The van der Waals surface area contributed by atoms with E-state index in [0.717, 1.165) is 33.6 Å². The number of H-pyrrole nitrogens is 1. The summed E-state index contributed by atoms with van der Waals surface area (Å²) in [7, 11) is 0. The van der Waals surface area contributed by atoms with Gasteiger partial charge < -0.3 is 5.32 Å². The molecule has 150 valence electrons. The topological polar surface area (TPSA) is 40.7 Å². The second-order valence-electron chi connectivity index (χ2n) is 7.24. The minimum absolute atomic E-state index is 0.341. The van der Waals surface area contributed by atoms with E-state index in [-0.39, 0.29) is 6.04 Å². The fourth-order valence-corrected chi connectivity index (χ4v) is 3.56. The molecule has 0 spiro atoms. The third-order valence-electron chi connectivity index (χ3n) is 5.08. The third kappa shape index (κ3) is 4.49. The number of benzene rings is 3. The summed E-state index contributed by atoms with van der Waals surface area (Å²) >= 11 is 0. The van der Waals surface area contributed by atoms with E-state index in [0.29, 0.717) is 12.1 Å². The monoisotopic (exact) mass is 397 g/mol. The van der Waals surface area contributed by atoms with Gasteiger partial charge in [-0.3, -0.25) is 5.10 Å². The molecular weight excluding hydrogens is 373 g/mol. The summed E-state index contributed by atoms with van der Waals surface area (Å²) in [5, 5.41) is 10.9. The Morgan fingerprint density at radius 3 is 2.33 bits per heavy atom. The molecule has 3 aromatic carbocycles. The van der Waals surface area contributed by atoms with Gasteiger partial charge in [-0.15, -0.1) is 0 Å². The first-order valence-corrected chi connectivity index (χ1v) is 10.0. The lowest BCUT2D eigenvalue weighted by molar-refractivity contribution is 0.401. The van der Waals surface area contributed by atoms with E-state index in [2.05, 4.69) is 22.1 Å². The van der Waals surface area contributed by atoms with Gasteiger partial charge in [-0.2, -0.15) is 5.10 Å². The number of halogens is 1. The first-order chi connectivity index (χ1) is 14.7. The summed E-state index contributed by atoms with van der Waals surface area (Å²) in [6.07, 6.45) is 0.596. The molecule has 1 atom stereocenters. The molecule has 0 saturated carbocycles. The summed E-state index contributed by atoms with van der Waals surface area (Å²) in [5.41, 5.74) is 6.49. The highest BCUT2D eigenvalue weighted by Gasteiger charge is 2.15. The van der Waals surface area contributed by atoms with Crippen molar-refractivity contribution in [2.45, 2.75) is 12.5 Å². The third-order valence-corrected chi connectivity index (χ3v) is 5.08. The molecule has 3 nitrogen and oxygen atoms in total. The van der Waals surface area contributed by atoms with Crippen molar-refractivity contribution in [2.75, 3.05) is 6.67 Å². The number of alkyl halides is 1. The Morgan fingerprint density at radius 2 is 1.60 bits per heavy atom. The van der Waals surface area contributed by atoms with Crippen molar-refractivity contribution >= 4 is 5.70 Å². The van der Waals surface area contributed by atoms with Gasteiger partial charge in [0.1, 0.15) is 6.67 Å². The Hall–Kier alpha value is -3.66. The van der Waals surface area contributed by atoms with E-state index in [1.165, 1.54) is 0 Å². The van der Waals surface area contributed by atoms with Crippen LogP contribution in [-0.4, -0.2) is 22.9 Å². The number of hydrogen-bond acceptors (Lipinski definition) is 2. The Morgan fingerprint density at radius 1 is 0.933 bits per heavy atom.